The van der Waals surface area contributed by atoms with Crippen LogP contribution < -0.4 is 9.80 Å². The predicted octanol–water partition coefficient (Wildman–Crippen LogP) is 28.6. The van der Waals surface area contributed by atoms with Gasteiger partial charge < -0.3 is 9.80 Å². The Balaban J connectivity index is 0.623. The van der Waals surface area contributed by atoms with Gasteiger partial charge in [-0.3, -0.25) is 0 Å². The fourth-order valence-corrected chi connectivity index (χ4v) is 14.2. The Labute approximate surface area is 610 Å². The van der Waals surface area contributed by atoms with Crippen LogP contribution in [0.2, 0.25) is 0 Å². The molecule has 0 aliphatic rings. The monoisotopic (exact) mass is 1320 g/mol. The Bertz CT molecular complexity index is 5290. The van der Waals surface area contributed by atoms with Gasteiger partial charge in [-0.15, -0.1) is 0 Å². The zero-order valence-corrected chi connectivity index (χ0v) is 57.5. The molecule has 0 aliphatic carbocycles. The molecule has 104 heavy (non-hydrogen) atoms. The lowest BCUT2D eigenvalue weighted by Gasteiger charge is -2.26. The molecule has 0 aromatic heterocycles. The second kappa shape index (κ2) is 29.3. The van der Waals surface area contributed by atoms with Gasteiger partial charge in [0.25, 0.3) is 0 Å². The van der Waals surface area contributed by atoms with E-state index in [0.717, 1.165) is 67.5 Å². The summed E-state index contributed by atoms with van der Waals surface area (Å²) >= 11 is 0. The zero-order chi connectivity index (χ0) is 69.4. The number of nitrogens with zero attached hydrogens (tertiary/aromatic N) is 2. The second-order valence-electron chi connectivity index (χ2n) is 26.5. The number of benzene rings is 17. The van der Waals surface area contributed by atoms with Gasteiger partial charge in [-0.05, 0) is 206 Å². The summed E-state index contributed by atoms with van der Waals surface area (Å²) in [5, 5.41) is 0. The van der Waals surface area contributed by atoms with Crippen molar-refractivity contribution >= 4 is 34.1 Å². The molecule has 0 heterocycles. The molecule has 0 fully saturated rings. The standard InChI is InChI=1S/C102H72N2/c1-5-13-73(14-6-1)77-21-29-81(30-22-77)83-37-41-87(42-38-83)93-53-65-99(66-54-93)103(97-61-49-91(50-62-97)85-33-25-79(26-34-85)75-17-9-3-10-18-75)101-69-57-95(58-70-101)89-45-47-90(48-46-89)96-59-71-102(72-60-96)104(98-63-51-92(52-64-98)86-35-27-80(28-36-86)76-19-11-4-12-20-76)100-67-55-94(56-68-100)88-43-39-84(40-44-88)82-31-23-78(24-32-82)74-15-7-2-8-16-74/h1-72H. The Morgan fingerprint density at radius 1 is 0.0769 bits per heavy atom. The molecule has 0 atom stereocenters. The summed E-state index contributed by atoms with van der Waals surface area (Å²) in [6.45, 7) is 0. The van der Waals surface area contributed by atoms with Crippen LogP contribution in [0, 0.1) is 0 Å². The topological polar surface area (TPSA) is 6.48 Å². The number of hydrogen-bond acceptors (Lipinski definition) is 2. The van der Waals surface area contributed by atoms with E-state index in [1.54, 1.807) is 0 Å². The number of rotatable bonds is 18. The van der Waals surface area contributed by atoms with Crippen LogP contribution in [-0.2, 0) is 0 Å². The van der Waals surface area contributed by atoms with Crippen LogP contribution >= 0.6 is 0 Å². The van der Waals surface area contributed by atoms with Gasteiger partial charge in [0, 0.05) is 34.1 Å². The Hall–Kier alpha value is -13.7. The van der Waals surface area contributed by atoms with Crippen molar-refractivity contribution in [2.24, 2.45) is 0 Å². The molecule has 2 heteroatoms. The minimum atomic E-state index is 1.07. The van der Waals surface area contributed by atoms with E-state index in [1.165, 1.54) is 100 Å². The number of anilines is 6. The molecule has 0 N–H and O–H groups in total. The van der Waals surface area contributed by atoms with Gasteiger partial charge >= 0.3 is 0 Å². The van der Waals surface area contributed by atoms with E-state index < -0.39 is 0 Å². The first-order valence-electron chi connectivity index (χ1n) is 35.7. The van der Waals surface area contributed by atoms with Crippen molar-refractivity contribution < 1.29 is 0 Å². The first-order chi connectivity index (χ1) is 51.5. The van der Waals surface area contributed by atoms with Gasteiger partial charge in [0.15, 0.2) is 0 Å². The summed E-state index contributed by atoms with van der Waals surface area (Å²) in [6.07, 6.45) is 0. The highest BCUT2D eigenvalue weighted by Gasteiger charge is 2.18. The van der Waals surface area contributed by atoms with E-state index in [1.807, 2.05) is 0 Å². The highest BCUT2D eigenvalue weighted by atomic mass is 15.1. The fourth-order valence-electron chi connectivity index (χ4n) is 14.2. The summed E-state index contributed by atoms with van der Waals surface area (Å²) in [5.74, 6) is 0. The van der Waals surface area contributed by atoms with Crippen molar-refractivity contribution in [3.63, 3.8) is 0 Å². The maximum atomic E-state index is 2.36. The molecule has 0 saturated heterocycles. The van der Waals surface area contributed by atoms with Gasteiger partial charge in [-0.2, -0.15) is 0 Å². The minimum Gasteiger partial charge on any atom is -0.311 e. The van der Waals surface area contributed by atoms with Crippen molar-refractivity contribution in [1.29, 1.82) is 0 Å². The van der Waals surface area contributed by atoms with Crippen molar-refractivity contribution in [3.8, 4) is 134 Å². The molecule has 0 bridgehead atoms. The van der Waals surface area contributed by atoms with Crippen LogP contribution in [0.5, 0.6) is 0 Å². The summed E-state index contributed by atoms with van der Waals surface area (Å²) in [4.78, 5) is 4.71. The van der Waals surface area contributed by atoms with Crippen LogP contribution in [0.1, 0.15) is 0 Å². The first-order valence-corrected chi connectivity index (χ1v) is 35.7. The van der Waals surface area contributed by atoms with Gasteiger partial charge in [0.05, 0.1) is 0 Å². The molecule has 17 rings (SSSR count). The molecular formula is C102H72N2. The van der Waals surface area contributed by atoms with E-state index in [0.29, 0.717) is 0 Å². The molecule has 0 radical (unpaired) electrons. The quantitative estimate of drug-likeness (QED) is 0.0845. The molecule has 0 unspecified atom stereocenters. The molecule has 0 saturated carbocycles. The SMILES string of the molecule is c1ccc(-c2ccc(-c3ccc(-c4ccc(N(c5ccc(-c6ccc(-c7ccccc7)cc6)cc5)c5ccc(-c6ccc(-c7ccc(N(c8ccc(-c9ccc(-c%10ccccc%10)cc9)cc8)c8ccc(-c9ccc(-c%10ccc(-c%11ccccc%11)cc%10)cc9)cc8)cc7)cc6)cc5)cc4)cc3)cc2)cc1. The zero-order valence-electron chi connectivity index (χ0n) is 57.5. The highest BCUT2D eigenvalue weighted by molar-refractivity contribution is 5.86. The van der Waals surface area contributed by atoms with Gasteiger partial charge in [0.2, 0.25) is 0 Å². The van der Waals surface area contributed by atoms with E-state index >= 15 is 0 Å². The van der Waals surface area contributed by atoms with Gasteiger partial charge in [-0.1, -0.05) is 364 Å². The maximum Gasteiger partial charge on any atom is 0.0462 e. The smallest absolute Gasteiger partial charge is 0.0462 e. The predicted molar refractivity (Wildman–Crippen MR) is 441 cm³/mol. The fraction of sp³-hybridized carbons (Fsp3) is 0. The van der Waals surface area contributed by atoms with E-state index in [-0.39, 0.29) is 0 Å². The third kappa shape index (κ3) is 13.9. The third-order valence-corrected chi connectivity index (χ3v) is 20.0. The third-order valence-electron chi connectivity index (χ3n) is 20.0. The highest BCUT2D eigenvalue weighted by Crippen LogP contribution is 2.42. The van der Waals surface area contributed by atoms with Crippen molar-refractivity contribution in [2.75, 3.05) is 9.80 Å². The van der Waals surface area contributed by atoms with Crippen LogP contribution in [0.4, 0.5) is 34.1 Å². The van der Waals surface area contributed by atoms with Crippen LogP contribution in [0.15, 0.2) is 437 Å². The summed E-state index contributed by atoms with van der Waals surface area (Å²) < 4.78 is 0. The molecular weight excluding hydrogens is 1250 g/mol. The summed E-state index contributed by atoms with van der Waals surface area (Å²) in [7, 11) is 0. The summed E-state index contributed by atoms with van der Waals surface area (Å²) in [5.41, 5.74) is 34.9. The Morgan fingerprint density at radius 3 is 0.250 bits per heavy atom. The van der Waals surface area contributed by atoms with Crippen LogP contribution in [0.3, 0.4) is 0 Å². The Kier molecular flexibility index (Phi) is 17.9. The molecule has 2 nitrogen and oxygen atoms in total. The second-order valence-corrected chi connectivity index (χ2v) is 26.5. The molecule has 17 aromatic rings. The maximum absolute atomic E-state index is 2.36. The largest absolute Gasteiger partial charge is 0.311 e. The van der Waals surface area contributed by atoms with E-state index in [9.17, 15) is 0 Å². The lowest BCUT2D eigenvalue weighted by molar-refractivity contribution is 1.28. The average Bonchev–Trinajstić information content (AvgIpc) is 0.799. The van der Waals surface area contributed by atoms with Gasteiger partial charge in [0.1, 0.15) is 0 Å². The molecule has 0 amide bonds. The van der Waals surface area contributed by atoms with Crippen molar-refractivity contribution in [3.05, 3.63) is 437 Å². The minimum absolute atomic E-state index is 1.07. The normalized spacial score (nSPS) is 11.1. The molecule has 0 spiro atoms. The van der Waals surface area contributed by atoms with E-state index in [2.05, 4.69) is 447 Å². The molecule has 490 valence electrons. The summed E-state index contributed by atoms with van der Waals surface area (Å²) in [6, 6.07) is 158. The van der Waals surface area contributed by atoms with Crippen LogP contribution in [-0.4, -0.2) is 0 Å². The number of hydrogen-bond donors (Lipinski definition) is 0. The Morgan fingerprint density at radius 2 is 0.154 bits per heavy atom. The van der Waals surface area contributed by atoms with Crippen molar-refractivity contribution in [1.82, 2.24) is 0 Å². The lowest BCUT2D eigenvalue weighted by atomic mass is 9.98. The molecule has 0 aliphatic heterocycles. The van der Waals surface area contributed by atoms with Crippen LogP contribution in [0.25, 0.3) is 134 Å². The average molecular weight is 1330 g/mol. The lowest BCUT2D eigenvalue weighted by Crippen LogP contribution is -2.09. The van der Waals surface area contributed by atoms with Crippen molar-refractivity contribution in [2.45, 2.75) is 0 Å². The van der Waals surface area contributed by atoms with Gasteiger partial charge in [-0.25, -0.2) is 0 Å². The van der Waals surface area contributed by atoms with E-state index in [4.69, 9.17) is 0 Å². The first kappa shape index (κ1) is 63.8. The molecule has 17 aromatic carbocycles.